The molecule has 1 aliphatic heterocycles. The number of ether oxygens (including phenoxy) is 1. The Labute approximate surface area is 177 Å². The lowest BCUT2D eigenvalue weighted by atomic mass is 9.84. The predicted octanol–water partition coefficient (Wildman–Crippen LogP) is 1.10. The molecule has 0 spiro atoms. The molecule has 30 heavy (non-hydrogen) atoms. The minimum absolute atomic E-state index is 0.0245. The van der Waals surface area contributed by atoms with E-state index in [0.29, 0.717) is 13.1 Å². The number of hydrogen-bond acceptors (Lipinski definition) is 6. The van der Waals surface area contributed by atoms with Crippen LogP contribution in [0, 0.1) is 11.8 Å². The van der Waals surface area contributed by atoms with Gasteiger partial charge in [0.2, 0.25) is 0 Å². The van der Waals surface area contributed by atoms with Crippen LogP contribution in [0.15, 0.2) is 35.1 Å². The van der Waals surface area contributed by atoms with E-state index in [9.17, 15) is 9.59 Å². The number of rotatable bonds is 8. The topological polar surface area (TPSA) is 85.5 Å². The van der Waals surface area contributed by atoms with E-state index in [2.05, 4.69) is 29.2 Å². The summed E-state index contributed by atoms with van der Waals surface area (Å²) in [4.78, 5) is 29.3. The first kappa shape index (κ1) is 22.2. The summed E-state index contributed by atoms with van der Waals surface area (Å²) in [5.74, 6) is 0.499. The van der Waals surface area contributed by atoms with Crippen molar-refractivity contribution in [2.45, 2.75) is 39.9 Å². The van der Waals surface area contributed by atoms with E-state index in [4.69, 9.17) is 4.74 Å². The Morgan fingerprint density at radius 3 is 2.30 bits per heavy atom. The maximum Gasteiger partial charge on any atom is 0.363 e. The van der Waals surface area contributed by atoms with Gasteiger partial charge in [0.1, 0.15) is 6.61 Å². The molecule has 1 aliphatic rings. The van der Waals surface area contributed by atoms with Crippen molar-refractivity contribution < 1.29 is 9.53 Å². The molecule has 1 fully saturated rings. The Balaban J connectivity index is 1.71. The lowest BCUT2D eigenvalue weighted by Crippen LogP contribution is -2.57. The first-order valence-electron chi connectivity index (χ1n) is 10.5. The van der Waals surface area contributed by atoms with Crippen LogP contribution in [0.1, 0.15) is 20.8 Å². The van der Waals surface area contributed by atoms with Crippen LogP contribution in [0.4, 0.5) is 5.69 Å². The molecule has 2 atom stereocenters. The van der Waals surface area contributed by atoms with Gasteiger partial charge in [0, 0.05) is 45.0 Å². The van der Waals surface area contributed by atoms with E-state index in [-0.39, 0.29) is 36.1 Å². The number of carbonyl (C=O) groups excluding carboxylic acids is 1. The Kier molecular flexibility index (Phi) is 7.38. The number of benzene rings is 1. The summed E-state index contributed by atoms with van der Waals surface area (Å²) < 4.78 is 7.93. The van der Waals surface area contributed by atoms with Crippen molar-refractivity contribution in [2.24, 2.45) is 11.8 Å². The number of carbonyl (C=O) groups is 1. The number of aryl methyl sites for hydroxylation is 1. The number of tetrazole rings is 1. The molecule has 9 heteroatoms. The van der Waals surface area contributed by atoms with Crippen molar-refractivity contribution in [2.75, 3.05) is 38.3 Å². The van der Waals surface area contributed by atoms with Crippen LogP contribution >= 0.6 is 0 Å². The van der Waals surface area contributed by atoms with Crippen LogP contribution in [0.3, 0.4) is 0 Å². The highest BCUT2D eigenvalue weighted by Crippen LogP contribution is 2.31. The van der Waals surface area contributed by atoms with E-state index in [1.165, 1.54) is 9.36 Å². The average Bonchev–Trinajstić information content (AvgIpc) is 3.09. The largest absolute Gasteiger partial charge is 0.375 e. The highest BCUT2D eigenvalue weighted by molar-refractivity contribution is 5.95. The zero-order valence-electron chi connectivity index (χ0n) is 18.3. The van der Waals surface area contributed by atoms with Gasteiger partial charge in [0.05, 0.1) is 6.54 Å². The second-order valence-electron chi connectivity index (χ2n) is 8.04. The SMILES string of the molecule is CCn1nnn(CCN2CC(C)C(N(C(=O)COC)c3ccccc3)C(C)C2)c1=O. The van der Waals surface area contributed by atoms with Crippen LogP contribution < -0.4 is 10.6 Å². The number of hydrogen-bond donors (Lipinski definition) is 0. The minimum Gasteiger partial charge on any atom is -0.375 e. The molecule has 0 saturated carbocycles. The normalized spacial score (nSPS) is 22.2. The van der Waals surface area contributed by atoms with Crippen molar-refractivity contribution in [3.05, 3.63) is 40.8 Å². The van der Waals surface area contributed by atoms with Crippen LogP contribution in [0.2, 0.25) is 0 Å². The fraction of sp³-hybridized carbons (Fsp3) is 0.619. The van der Waals surface area contributed by atoms with Gasteiger partial charge in [-0.25, -0.2) is 4.79 Å². The lowest BCUT2D eigenvalue weighted by molar-refractivity contribution is -0.123. The van der Waals surface area contributed by atoms with Crippen LogP contribution in [0.25, 0.3) is 0 Å². The highest BCUT2D eigenvalue weighted by atomic mass is 16.5. The summed E-state index contributed by atoms with van der Waals surface area (Å²) in [6.45, 7) is 9.73. The monoisotopic (exact) mass is 416 g/mol. The third-order valence-electron chi connectivity index (χ3n) is 5.75. The van der Waals surface area contributed by atoms with Crippen LogP contribution in [-0.2, 0) is 22.6 Å². The molecule has 164 valence electrons. The Hall–Kier alpha value is -2.52. The summed E-state index contributed by atoms with van der Waals surface area (Å²) in [7, 11) is 1.55. The first-order valence-corrected chi connectivity index (χ1v) is 10.5. The fourth-order valence-corrected chi connectivity index (χ4v) is 4.50. The minimum atomic E-state index is -0.172. The second kappa shape index (κ2) is 9.99. The van der Waals surface area contributed by atoms with Gasteiger partial charge in [-0.3, -0.25) is 4.79 Å². The first-order chi connectivity index (χ1) is 14.5. The molecule has 0 bridgehead atoms. The van der Waals surface area contributed by atoms with Gasteiger partial charge < -0.3 is 14.5 Å². The van der Waals surface area contributed by atoms with Gasteiger partial charge >= 0.3 is 5.69 Å². The molecule has 1 aromatic heterocycles. The van der Waals surface area contributed by atoms with Crippen molar-refractivity contribution in [1.82, 2.24) is 24.7 Å². The summed E-state index contributed by atoms with van der Waals surface area (Å²) in [5, 5.41) is 7.84. The average molecular weight is 417 g/mol. The van der Waals surface area contributed by atoms with Gasteiger partial charge in [-0.2, -0.15) is 9.36 Å². The molecule has 1 aromatic carbocycles. The molecule has 0 N–H and O–H groups in total. The highest BCUT2D eigenvalue weighted by Gasteiger charge is 2.38. The standard InChI is InChI=1S/C21H32N6O3/c1-5-25-21(29)26(23-22-25)12-11-24-13-16(2)20(17(3)14-24)27(19(28)15-30-4)18-9-7-6-8-10-18/h6-10,16-17,20H,5,11-15H2,1-4H3. The number of aromatic nitrogens is 4. The summed E-state index contributed by atoms with van der Waals surface area (Å²) in [6, 6.07) is 9.89. The molecule has 1 amide bonds. The van der Waals surface area contributed by atoms with E-state index >= 15 is 0 Å². The van der Waals surface area contributed by atoms with E-state index < -0.39 is 0 Å². The molecule has 2 aromatic rings. The zero-order chi connectivity index (χ0) is 21.7. The third kappa shape index (κ3) is 4.79. The fourth-order valence-electron chi connectivity index (χ4n) is 4.50. The van der Waals surface area contributed by atoms with E-state index in [1.807, 2.05) is 42.2 Å². The molecule has 9 nitrogen and oxygen atoms in total. The van der Waals surface area contributed by atoms with E-state index in [0.717, 1.165) is 25.3 Å². The third-order valence-corrected chi connectivity index (χ3v) is 5.75. The summed E-state index contributed by atoms with van der Waals surface area (Å²) >= 11 is 0. The molecule has 2 unspecified atom stereocenters. The van der Waals surface area contributed by atoms with Crippen LogP contribution in [0.5, 0.6) is 0 Å². The molecule has 1 saturated heterocycles. The smallest absolute Gasteiger partial charge is 0.363 e. The van der Waals surface area contributed by atoms with Crippen molar-refractivity contribution in [1.29, 1.82) is 0 Å². The Bertz CT molecular complexity index is 868. The van der Waals surface area contributed by atoms with Gasteiger partial charge in [-0.05, 0) is 41.3 Å². The number of nitrogens with zero attached hydrogens (tertiary/aromatic N) is 6. The number of para-hydroxylation sites is 1. The molecule has 2 heterocycles. The van der Waals surface area contributed by atoms with E-state index in [1.54, 1.807) is 7.11 Å². The number of amides is 1. The zero-order valence-corrected chi connectivity index (χ0v) is 18.3. The molecule has 0 aliphatic carbocycles. The maximum absolute atomic E-state index is 12.9. The predicted molar refractivity (Wildman–Crippen MR) is 114 cm³/mol. The molecular formula is C21H32N6O3. The van der Waals surface area contributed by atoms with Gasteiger partial charge in [0.15, 0.2) is 0 Å². The van der Waals surface area contributed by atoms with Gasteiger partial charge in [-0.1, -0.05) is 32.0 Å². The maximum atomic E-state index is 12.9. The van der Waals surface area contributed by atoms with Gasteiger partial charge in [0.25, 0.3) is 5.91 Å². The van der Waals surface area contributed by atoms with Crippen molar-refractivity contribution in [3.63, 3.8) is 0 Å². The van der Waals surface area contributed by atoms with Gasteiger partial charge in [-0.15, -0.1) is 0 Å². The number of likely N-dealkylation sites (tertiary alicyclic amines) is 1. The van der Waals surface area contributed by atoms with Crippen LogP contribution in [-0.4, -0.2) is 70.0 Å². The Morgan fingerprint density at radius 2 is 1.73 bits per heavy atom. The Morgan fingerprint density at radius 1 is 1.10 bits per heavy atom. The quantitative estimate of drug-likeness (QED) is 0.641. The summed E-state index contributed by atoms with van der Waals surface area (Å²) in [5.41, 5.74) is 0.730. The number of methoxy groups -OCH3 is 1. The lowest BCUT2D eigenvalue weighted by Gasteiger charge is -2.46. The second-order valence-corrected chi connectivity index (χ2v) is 8.04. The number of piperidine rings is 1. The molecule has 3 rings (SSSR count). The summed E-state index contributed by atoms with van der Waals surface area (Å²) in [6.07, 6.45) is 0. The molecule has 0 radical (unpaired) electrons. The van der Waals surface area contributed by atoms with Crippen molar-refractivity contribution in [3.8, 4) is 0 Å². The molecular weight excluding hydrogens is 384 g/mol. The number of anilines is 1. The van der Waals surface area contributed by atoms with Crippen molar-refractivity contribution >= 4 is 11.6 Å².